The minimum Gasteiger partial charge on any atom is -0.493 e. The van der Waals surface area contributed by atoms with Crippen molar-refractivity contribution in [3.05, 3.63) is 144 Å². The Morgan fingerprint density at radius 1 is 0.907 bits per heavy atom. The zero-order chi connectivity index (χ0) is 30.1. The minimum atomic E-state index is 0.765. The Balaban J connectivity index is 0.000000197. The van der Waals surface area contributed by atoms with E-state index in [-0.39, 0.29) is 0 Å². The standard InChI is InChI=1S/C21H21N.C17H22N2OS/c1-22(16-8-11-18-9-3-2-4-10-18)17-20-14-7-13-19-12-5-6-15-21(19)20;1-3-4-7-12-20-17-9-6-5-8-15(17)16(13-21-2)19-11-10-18-14-19/h2-15H,16-17H2,1H3;5-6,8-11,13-14H,3-4,7,12H2,1-2H3/b11-8+;16-13+. The molecule has 1 heterocycles. The molecule has 4 nitrogen and oxygen atoms in total. The summed E-state index contributed by atoms with van der Waals surface area (Å²) in [5, 5.41) is 4.78. The molecule has 4 aromatic carbocycles. The number of likely N-dealkylation sites (N-methyl/N-ethyl adjacent to an activating group) is 1. The van der Waals surface area contributed by atoms with Gasteiger partial charge in [0.15, 0.2) is 0 Å². The summed E-state index contributed by atoms with van der Waals surface area (Å²) >= 11 is 1.68. The fourth-order valence-electron chi connectivity index (χ4n) is 4.83. The third-order valence-corrected chi connectivity index (χ3v) is 7.49. The van der Waals surface area contributed by atoms with E-state index in [0.29, 0.717) is 0 Å². The lowest BCUT2D eigenvalue weighted by molar-refractivity contribution is 0.305. The molecule has 222 valence electrons. The summed E-state index contributed by atoms with van der Waals surface area (Å²) in [5.74, 6) is 0.933. The van der Waals surface area contributed by atoms with Crippen LogP contribution in [0.5, 0.6) is 5.75 Å². The first kappa shape index (κ1) is 31.9. The van der Waals surface area contributed by atoms with E-state index in [9.17, 15) is 0 Å². The van der Waals surface area contributed by atoms with Crippen molar-refractivity contribution in [2.75, 3.05) is 26.5 Å². The van der Waals surface area contributed by atoms with Gasteiger partial charge in [-0.05, 0) is 59.2 Å². The minimum absolute atomic E-state index is 0.765. The number of para-hydroxylation sites is 1. The number of hydrogen-bond acceptors (Lipinski definition) is 4. The molecule has 0 saturated carbocycles. The van der Waals surface area contributed by atoms with E-state index in [4.69, 9.17) is 4.74 Å². The number of aromatic nitrogens is 2. The quantitative estimate of drug-likeness (QED) is 0.128. The maximum Gasteiger partial charge on any atom is 0.128 e. The van der Waals surface area contributed by atoms with E-state index in [0.717, 1.165) is 43.1 Å². The Morgan fingerprint density at radius 2 is 1.67 bits per heavy atom. The number of rotatable bonds is 13. The van der Waals surface area contributed by atoms with Crippen LogP contribution in [0, 0.1) is 0 Å². The lowest BCUT2D eigenvalue weighted by Gasteiger charge is -2.16. The first-order valence-corrected chi connectivity index (χ1v) is 16.3. The van der Waals surface area contributed by atoms with Gasteiger partial charge in [0.05, 0.1) is 18.6 Å². The molecule has 5 rings (SSSR count). The van der Waals surface area contributed by atoms with Gasteiger partial charge in [0, 0.05) is 31.0 Å². The molecule has 0 fully saturated rings. The Hall–Kier alpha value is -4.06. The van der Waals surface area contributed by atoms with Crippen molar-refractivity contribution < 1.29 is 4.74 Å². The largest absolute Gasteiger partial charge is 0.493 e. The molecule has 0 bridgehead atoms. The molecule has 43 heavy (non-hydrogen) atoms. The summed E-state index contributed by atoms with van der Waals surface area (Å²) in [5.41, 5.74) is 4.82. The van der Waals surface area contributed by atoms with Crippen molar-refractivity contribution >= 4 is 34.3 Å². The van der Waals surface area contributed by atoms with Crippen molar-refractivity contribution in [1.29, 1.82) is 0 Å². The van der Waals surface area contributed by atoms with Gasteiger partial charge in [-0.25, -0.2) is 4.98 Å². The number of nitrogens with zero attached hydrogens (tertiary/aromatic N) is 3. The second-order valence-corrected chi connectivity index (χ2v) is 11.1. The number of thioether (sulfide) groups is 1. The summed E-state index contributed by atoms with van der Waals surface area (Å²) < 4.78 is 8.00. The second kappa shape index (κ2) is 17.8. The van der Waals surface area contributed by atoms with Gasteiger partial charge in [-0.15, -0.1) is 11.8 Å². The molecule has 0 radical (unpaired) electrons. The molecule has 0 aliphatic carbocycles. The highest BCUT2D eigenvalue weighted by molar-refractivity contribution is 8.01. The smallest absolute Gasteiger partial charge is 0.128 e. The Morgan fingerprint density at radius 3 is 2.47 bits per heavy atom. The van der Waals surface area contributed by atoms with E-state index in [1.54, 1.807) is 18.0 Å². The van der Waals surface area contributed by atoms with Gasteiger partial charge in [-0.2, -0.15) is 0 Å². The zero-order valence-corrected chi connectivity index (χ0v) is 26.4. The summed E-state index contributed by atoms with van der Waals surface area (Å²) in [4.78, 5) is 6.47. The number of unbranched alkanes of at least 4 members (excludes halogenated alkanes) is 2. The molecule has 0 unspecified atom stereocenters. The zero-order valence-electron chi connectivity index (χ0n) is 25.6. The number of imidazole rings is 1. The summed E-state index contributed by atoms with van der Waals surface area (Å²) in [7, 11) is 2.16. The van der Waals surface area contributed by atoms with Crippen LogP contribution in [0.4, 0.5) is 0 Å². The monoisotopic (exact) mass is 589 g/mol. The lowest BCUT2D eigenvalue weighted by atomic mass is 10.0. The molecule has 0 N–H and O–H groups in total. The fourth-order valence-corrected chi connectivity index (χ4v) is 5.31. The van der Waals surface area contributed by atoms with E-state index in [1.807, 2.05) is 41.4 Å². The van der Waals surface area contributed by atoms with E-state index in [2.05, 4.69) is 120 Å². The third kappa shape index (κ3) is 10.0. The Kier molecular flexibility index (Phi) is 13.2. The summed E-state index contributed by atoms with van der Waals surface area (Å²) in [6.07, 6.45) is 15.5. The summed E-state index contributed by atoms with van der Waals surface area (Å²) in [6.45, 7) is 4.87. The first-order valence-electron chi connectivity index (χ1n) is 15.0. The van der Waals surface area contributed by atoms with Crippen LogP contribution in [-0.2, 0) is 6.54 Å². The highest BCUT2D eigenvalue weighted by Gasteiger charge is 2.10. The number of ether oxygens (including phenoxy) is 1. The fraction of sp³-hybridized carbons (Fsp3) is 0.237. The van der Waals surface area contributed by atoms with Gasteiger partial charge in [-0.1, -0.05) is 117 Å². The highest BCUT2D eigenvalue weighted by atomic mass is 32.2. The lowest BCUT2D eigenvalue weighted by Crippen LogP contribution is -2.17. The third-order valence-electron chi connectivity index (χ3n) is 7.03. The highest BCUT2D eigenvalue weighted by Crippen LogP contribution is 2.29. The Labute approximate surface area is 261 Å². The molecule has 5 heteroatoms. The first-order chi connectivity index (χ1) is 21.2. The Bertz CT molecular complexity index is 1560. The van der Waals surface area contributed by atoms with Crippen LogP contribution in [-0.4, -0.2) is 40.9 Å². The van der Waals surface area contributed by atoms with Crippen LogP contribution in [0.1, 0.15) is 42.9 Å². The maximum absolute atomic E-state index is 5.98. The van der Waals surface area contributed by atoms with E-state index in [1.165, 1.54) is 34.7 Å². The predicted molar refractivity (Wildman–Crippen MR) is 186 cm³/mol. The van der Waals surface area contributed by atoms with Gasteiger partial charge in [0.25, 0.3) is 0 Å². The maximum atomic E-state index is 5.98. The van der Waals surface area contributed by atoms with Crippen LogP contribution in [0.2, 0.25) is 0 Å². The average Bonchev–Trinajstić information content (AvgIpc) is 3.58. The topological polar surface area (TPSA) is 30.3 Å². The molecule has 0 atom stereocenters. The average molecular weight is 590 g/mol. The molecule has 0 spiro atoms. The van der Waals surface area contributed by atoms with Crippen LogP contribution >= 0.6 is 11.8 Å². The predicted octanol–water partition coefficient (Wildman–Crippen LogP) is 9.65. The van der Waals surface area contributed by atoms with Crippen LogP contribution < -0.4 is 4.74 Å². The van der Waals surface area contributed by atoms with E-state index < -0.39 is 0 Å². The van der Waals surface area contributed by atoms with Crippen LogP contribution in [0.25, 0.3) is 22.5 Å². The normalized spacial score (nSPS) is 11.6. The van der Waals surface area contributed by atoms with Gasteiger partial charge in [0.1, 0.15) is 5.75 Å². The molecular weight excluding hydrogens is 547 g/mol. The number of benzene rings is 4. The number of fused-ring (bicyclic) bond motifs is 1. The van der Waals surface area contributed by atoms with Crippen molar-refractivity contribution in [2.24, 2.45) is 0 Å². The molecule has 0 amide bonds. The molecule has 0 saturated heterocycles. The second-order valence-electron chi connectivity index (χ2n) is 10.4. The number of hydrogen-bond donors (Lipinski definition) is 0. The van der Waals surface area contributed by atoms with Crippen molar-refractivity contribution in [3.8, 4) is 5.75 Å². The molecule has 5 aromatic rings. The van der Waals surface area contributed by atoms with Gasteiger partial charge < -0.3 is 9.30 Å². The molecular formula is C38H43N3OS. The van der Waals surface area contributed by atoms with Gasteiger partial charge >= 0.3 is 0 Å². The van der Waals surface area contributed by atoms with Crippen LogP contribution in [0.15, 0.2) is 127 Å². The SMILES string of the molecule is CCCCCOc1ccccc1/C(=C\SC)n1ccnc1.CN(C/C=C/c1ccccc1)Cc1cccc2ccccc12. The van der Waals surface area contributed by atoms with E-state index >= 15 is 0 Å². The van der Waals surface area contributed by atoms with Crippen molar-refractivity contribution in [3.63, 3.8) is 0 Å². The molecule has 1 aromatic heterocycles. The van der Waals surface area contributed by atoms with Crippen molar-refractivity contribution in [1.82, 2.24) is 14.5 Å². The van der Waals surface area contributed by atoms with Gasteiger partial charge in [-0.3, -0.25) is 4.90 Å². The molecule has 0 aliphatic heterocycles. The van der Waals surface area contributed by atoms with Gasteiger partial charge in [0.2, 0.25) is 0 Å². The van der Waals surface area contributed by atoms with Crippen LogP contribution in [0.3, 0.4) is 0 Å². The van der Waals surface area contributed by atoms with Crippen molar-refractivity contribution in [2.45, 2.75) is 32.7 Å². The molecule has 0 aliphatic rings. The summed E-state index contributed by atoms with van der Waals surface area (Å²) in [6, 6.07) is 33.8.